The first kappa shape index (κ1) is 11.5. The number of hydrogen-bond donors (Lipinski definition) is 2. The molecule has 4 nitrogen and oxygen atoms in total. The molecule has 0 fully saturated rings. The normalized spacial score (nSPS) is 11.8. The predicted octanol–water partition coefficient (Wildman–Crippen LogP) is -0.364. The average molecular weight is 182 g/mol. The van der Waals surface area contributed by atoms with Gasteiger partial charge in [0.05, 0.1) is 0 Å². The molecule has 0 aromatic heterocycles. The van der Waals surface area contributed by atoms with Crippen LogP contribution in [0.1, 0.15) is 20.3 Å². The minimum atomic E-state index is -0.750. The second-order valence-electron chi connectivity index (χ2n) is 3.03. The van der Waals surface area contributed by atoms with Gasteiger partial charge in [0.2, 0.25) is 11.8 Å². The third-order valence-electron chi connectivity index (χ3n) is 1.51. The number of hydrogen-bond acceptors (Lipinski definition) is 2. The second-order valence-corrected chi connectivity index (χ2v) is 3.03. The maximum atomic E-state index is 11.1. The quantitative estimate of drug-likeness (QED) is 0.582. The van der Waals surface area contributed by atoms with Crippen LogP contribution in [-0.2, 0) is 9.59 Å². The van der Waals surface area contributed by atoms with Crippen molar-refractivity contribution in [2.24, 2.45) is 11.7 Å². The highest BCUT2D eigenvalue weighted by molar-refractivity contribution is 5.87. The lowest BCUT2D eigenvalue weighted by Crippen LogP contribution is -2.45. The molecule has 0 unspecified atom stereocenters. The van der Waals surface area contributed by atoms with Gasteiger partial charge in [-0.1, -0.05) is 13.8 Å². The number of carbonyl (C=O) groups is 2. The van der Waals surface area contributed by atoms with Gasteiger partial charge in [0.1, 0.15) is 6.04 Å². The van der Waals surface area contributed by atoms with E-state index >= 15 is 0 Å². The SMILES string of the molecule is C#CC[C@H](NC(=O)C(C)C)C(N)=O. The number of amides is 2. The van der Waals surface area contributed by atoms with Crippen LogP contribution in [0.5, 0.6) is 0 Å². The van der Waals surface area contributed by atoms with Gasteiger partial charge in [-0.2, -0.15) is 0 Å². The van der Waals surface area contributed by atoms with Gasteiger partial charge in [0.25, 0.3) is 0 Å². The maximum absolute atomic E-state index is 11.1. The van der Waals surface area contributed by atoms with E-state index in [2.05, 4.69) is 11.2 Å². The molecule has 0 aromatic rings. The first-order valence-electron chi connectivity index (χ1n) is 4.02. The zero-order valence-corrected chi connectivity index (χ0v) is 7.83. The fourth-order valence-electron chi connectivity index (χ4n) is 0.679. The molecule has 2 amide bonds. The lowest BCUT2D eigenvalue weighted by atomic mass is 10.1. The Bertz CT molecular complexity index is 240. The summed E-state index contributed by atoms with van der Waals surface area (Å²) in [4.78, 5) is 21.9. The lowest BCUT2D eigenvalue weighted by Gasteiger charge is -2.14. The molecule has 0 aliphatic rings. The summed E-state index contributed by atoms with van der Waals surface area (Å²) in [6, 6.07) is -0.750. The molecule has 0 heterocycles. The van der Waals surface area contributed by atoms with Crippen molar-refractivity contribution in [3.8, 4) is 12.3 Å². The van der Waals surface area contributed by atoms with Crippen molar-refractivity contribution in [3.63, 3.8) is 0 Å². The van der Waals surface area contributed by atoms with Gasteiger partial charge in [-0.05, 0) is 0 Å². The van der Waals surface area contributed by atoms with Gasteiger partial charge < -0.3 is 11.1 Å². The van der Waals surface area contributed by atoms with E-state index in [1.165, 1.54) is 0 Å². The number of carbonyl (C=O) groups excluding carboxylic acids is 2. The van der Waals surface area contributed by atoms with E-state index in [1.54, 1.807) is 13.8 Å². The van der Waals surface area contributed by atoms with E-state index < -0.39 is 11.9 Å². The van der Waals surface area contributed by atoms with Crippen LogP contribution in [0.3, 0.4) is 0 Å². The molecule has 4 heteroatoms. The Morgan fingerprint density at radius 2 is 2.08 bits per heavy atom. The largest absolute Gasteiger partial charge is 0.368 e. The molecule has 13 heavy (non-hydrogen) atoms. The van der Waals surface area contributed by atoms with Gasteiger partial charge in [-0.15, -0.1) is 12.3 Å². The molecule has 0 bridgehead atoms. The first-order valence-corrected chi connectivity index (χ1v) is 4.02. The topological polar surface area (TPSA) is 72.2 Å². The Kier molecular flexibility index (Phi) is 4.60. The third-order valence-corrected chi connectivity index (χ3v) is 1.51. The molecule has 0 aliphatic heterocycles. The van der Waals surface area contributed by atoms with Gasteiger partial charge in [-0.25, -0.2) is 0 Å². The average Bonchev–Trinajstić information content (AvgIpc) is 2.03. The molecule has 0 rings (SSSR count). The molecular formula is C9H14N2O2. The maximum Gasteiger partial charge on any atom is 0.240 e. The summed E-state index contributed by atoms with van der Waals surface area (Å²) < 4.78 is 0. The summed E-state index contributed by atoms with van der Waals surface area (Å²) in [7, 11) is 0. The Hall–Kier alpha value is -1.50. The van der Waals surface area contributed by atoms with Crippen LogP contribution in [-0.4, -0.2) is 17.9 Å². The molecule has 72 valence electrons. The molecular weight excluding hydrogens is 168 g/mol. The number of terminal acetylenes is 1. The second kappa shape index (κ2) is 5.20. The molecule has 0 aliphatic carbocycles. The summed E-state index contributed by atoms with van der Waals surface area (Å²) >= 11 is 0. The van der Waals surface area contributed by atoms with Crippen LogP contribution < -0.4 is 11.1 Å². The van der Waals surface area contributed by atoms with E-state index in [-0.39, 0.29) is 18.2 Å². The van der Waals surface area contributed by atoms with Crippen molar-refractivity contribution in [3.05, 3.63) is 0 Å². The van der Waals surface area contributed by atoms with E-state index in [4.69, 9.17) is 12.2 Å². The van der Waals surface area contributed by atoms with Gasteiger partial charge in [0, 0.05) is 12.3 Å². The minimum absolute atomic E-state index is 0.133. The standard InChI is InChI=1S/C9H14N2O2/c1-4-5-7(8(10)12)11-9(13)6(2)3/h1,6-7H,5H2,2-3H3,(H2,10,12)(H,11,13)/t7-/m0/s1. The van der Waals surface area contributed by atoms with Crippen LogP contribution in [0, 0.1) is 18.3 Å². The van der Waals surface area contributed by atoms with Crippen molar-refractivity contribution in [1.82, 2.24) is 5.32 Å². The Balaban J connectivity index is 4.20. The highest BCUT2D eigenvalue weighted by atomic mass is 16.2. The molecule has 0 spiro atoms. The molecule has 0 saturated carbocycles. The summed E-state index contributed by atoms with van der Waals surface area (Å²) in [6.07, 6.45) is 5.14. The molecule has 3 N–H and O–H groups in total. The predicted molar refractivity (Wildman–Crippen MR) is 49.4 cm³/mol. The van der Waals surface area contributed by atoms with Crippen molar-refractivity contribution < 1.29 is 9.59 Å². The van der Waals surface area contributed by atoms with E-state index in [1.807, 2.05) is 0 Å². The fourth-order valence-corrected chi connectivity index (χ4v) is 0.679. The van der Waals surface area contributed by atoms with Crippen molar-refractivity contribution in [2.45, 2.75) is 26.3 Å². The van der Waals surface area contributed by atoms with E-state index in [0.29, 0.717) is 0 Å². The zero-order chi connectivity index (χ0) is 10.4. The van der Waals surface area contributed by atoms with E-state index in [9.17, 15) is 9.59 Å². The number of nitrogens with two attached hydrogens (primary N) is 1. The van der Waals surface area contributed by atoms with Crippen LogP contribution >= 0.6 is 0 Å². The van der Waals surface area contributed by atoms with Crippen LogP contribution in [0.4, 0.5) is 0 Å². The molecule has 0 radical (unpaired) electrons. The third kappa shape index (κ3) is 4.16. The number of nitrogens with one attached hydrogen (secondary N) is 1. The highest BCUT2D eigenvalue weighted by Crippen LogP contribution is 1.95. The van der Waals surface area contributed by atoms with Gasteiger partial charge in [0.15, 0.2) is 0 Å². The molecule has 0 saturated heterocycles. The van der Waals surface area contributed by atoms with Crippen molar-refractivity contribution >= 4 is 11.8 Å². The number of rotatable bonds is 4. The summed E-state index contributed by atoms with van der Waals surface area (Å²) in [5, 5.41) is 2.46. The molecule has 1 atom stereocenters. The Morgan fingerprint density at radius 1 is 1.54 bits per heavy atom. The van der Waals surface area contributed by atoms with Gasteiger partial charge in [-0.3, -0.25) is 9.59 Å². The van der Waals surface area contributed by atoms with Crippen molar-refractivity contribution in [2.75, 3.05) is 0 Å². The monoisotopic (exact) mass is 182 g/mol. The Labute approximate surface area is 77.9 Å². The minimum Gasteiger partial charge on any atom is -0.368 e. The summed E-state index contributed by atoms with van der Waals surface area (Å²) in [6.45, 7) is 3.45. The zero-order valence-electron chi connectivity index (χ0n) is 7.83. The van der Waals surface area contributed by atoms with Crippen LogP contribution in [0.25, 0.3) is 0 Å². The fraction of sp³-hybridized carbons (Fsp3) is 0.556. The summed E-state index contributed by atoms with van der Waals surface area (Å²) in [5.41, 5.74) is 5.02. The summed E-state index contributed by atoms with van der Waals surface area (Å²) in [5.74, 6) is 1.27. The lowest BCUT2D eigenvalue weighted by molar-refractivity contribution is -0.129. The van der Waals surface area contributed by atoms with E-state index in [0.717, 1.165) is 0 Å². The van der Waals surface area contributed by atoms with Crippen LogP contribution in [0.15, 0.2) is 0 Å². The Morgan fingerprint density at radius 3 is 2.38 bits per heavy atom. The van der Waals surface area contributed by atoms with Gasteiger partial charge >= 0.3 is 0 Å². The first-order chi connectivity index (χ1) is 5.99. The highest BCUT2D eigenvalue weighted by Gasteiger charge is 2.17. The number of primary amides is 1. The van der Waals surface area contributed by atoms with Crippen molar-refractivity contribution in [1.29, 1.82) is 0 Å². The molecule has 0 aromatic carbocycles. The smallest absolute Gasteiger partial charge is 0.240 e. The van der Waals surface area contributed by atoms with Crippen LogP contribution in [0.2, 0.25) is 0 Å².